The second-order valence-electron chi connectivity index (χ2n) is 5.24. The largest absolute Gasteiger partial charge is 0.330 e. The summed E-state index contributed by atoms with van der Waals surface area (Å²) in [5.74, 6) is 0. The third-order valence-corrected chi connectivity index (χ3v) is 2.88. The molecule has 0 saturated heterocycles. The van der Waals surface area contributed by atoms with E-state index < -0.39 is 0 Å². The molecule has 110 valence electrons. The summed E-state index contributed by atoms with van der Waals surface area (Å²) >= 11 is 0. The first kappa shape index (κ1) is 17.8. The molecule has 0 radical (unpaired) electrons. The van der Waals surface area contributed by atoms with E-state index in [0.717, 1.165) is 52.1 Å². The Balaban J connectivity index is 3.69. The monoisotopic (exact) mass is 259 g/mol. The van der Waals surface area contributed by atoms with Crippen molar-refractivity contribution < 1.29 is 0 Å². The first-order valence-electron chi connectivity index (χ1n) is 7.12. The fourth-order valence-electron chi connectivity index (χ4n) is 1.89. The molecule has 0 spiro atoms. The van der Waals surface area contributed by atoms with Gasteiger partial charge in [0.05, 0.1) is 6.17 Å². The molecule has 1 atom stereocenters. The maximum Gasteiger partial charge on any atom is 0.0517 e. The number of hydrogen-bond acceptors (Lipinski definition) is 5. The van der Waals surface area contributed by atoms with Crippen molar-refractivity contribution in [2.75, 3.05) is 53.4 Å². The van der Waals surface area contributed by atoms with Crippen LogP contribution in [0.2, 0.25) is 0 Å². The van der Waals surface area contributed by atoms with E-state index in [4.69, 9.17) is 11.5 Å². The van der Waals surface area contributed by atoms with Crippen LogP contribution in [0.3, 0.4) is 0 Å². The van der Waals surface area contributed by atoms with E-state index >= 15 is 0 Å². The molecule has 1 unspecified atom stereocenters. The zero-order chi connectivity index (χ0) is 13.8. The Morgan fingerprint density at radius 1 is 1.00 bits per heavy atom. The molecule has 0 fully saturated rings. The average Bonchev–Trinajstić information content (AvgIpc) is 2.29. The van der Waals surface area contributed by atoms with Gasteiger partial charge in [-0.05, 0) is 79.6 Å². The molecular formula is C13H33N5. The molecule has 0 aromatic carbocycles. The van der Waals surface area contributed by atoms with Crippen molar-refractivity contribution in [2.24, 2.45) is 11.5 Å². The summed E-state index contributed by atoms with van der Waals surface area (Å²) < 4.78 is 0. The first-order valence-corrected chi connectivity index (χ1v) is 7.12. The zero-order valence-corrected chi connectivity index (χ0v) is 12.5. The van der Waals surface area contributed by atoms with Crippen molar-refractivity contribution in [3.05, 3.63) is 0 Å². The molecule has 0 amide bonds. The third-order valence-electron chi connectivity index (χ3n) is 2.88. The Labute approximate surface area is 113 Å². The first-order chi connectivity index (χ1) is 8.56. The third kappa shape index (κ3) is 12.3. The molecule has 0 heterocycles. The quantitative estimate of drug-likeness (QED) is 0.336. The van der Waals surface area contributed by atoms with Gasteiger partial charge in [-0.1, -0.05) is 0 Å². The maximum absolute atomic E-state index is 5.66. The van der Waals surface area contributed by atoms with Gasteiger partial charge in [0.2, 0.25) is 0 Å². The molecule has 0 aliphatic heterocycles. The molecule has 5 heteroatoms. The summed E-state index contributed by atoms with van der Waals surface area (Å²) in [6.07, 6.45) is 3.55. The highest BCUT2D eigenvalue weighted by Crippen LogP contribution is 1.97. The Hall–Kier alpha value is -0.200. The van der Waals surface area contributed by atoms with Gasteiger partial charge in [0.15, 0.2) is 0 Å². The second kappa shape index (κ2) is 11.9. The van der Waals surface area contributed by atoms with Crippen molar-refractivity contribution in [3.63, 3.8) is 0 Å². The van der Waals surface area contributed by atoms with Crippen molar-refractivity contribution in [2.45, 2.75) is 32.4 Å². The summed E-state index contributed by atoms with van der Waals surface area (Å²) in [6, 6.07) is 0. The van der Waals surface area contributed by atoms with Crippen molar-refractivity contribution in [3.8, 4) is 0 Å². The Bertz CT molecular complexity index is 173. The van der Waals surface area contributed by atoms with Gasteiger partial charge in [-0.25, -0.2) is 0 Å². The highest BCUT2D eigenvalue weighted by Gasteiger charge is 2.04. The minimum absolute atomic E-state index is 0.0937. The highest BCUT2D eigenvalue weighted by atomic mass is 15.1. The number of nitrogens with two attached hydrogens (primary N) is 2. The predicted molar refractivity (Wildman–Crippen MR) is 79.6 cm³/mol. The van der Waals surface area contributed by atoms with Crippen LogP contribution in [0.4, 0.5) is 0 Å². The topological polar surface area (TPSA) is 70.5 Å². The highest BCUT2D eigenvalue weighted by molar-refractivity contribution is 4.62. The standard InChI is InChI=1S/C13H33N5/c1-13(15)16-8-5-11-18(10-4-7-14)12-6-9-17(2)3/h13,16H,4-12,14-15H2,1-3H3. The SMILES string of the molecule is CC(N)NCCCN(CCCN)CCCN(C)C. The van der Waals surface area contributed by atoms with Crippen molar-refractivity contribution in [1.82, 2.24) is 15.1 Å². The lowest BCUT2D eigenvalue weighted by atomic mass is 10.3. The van der Waals surface area contributed by atoms with E-state index in [2.05, 4.69) is 29.2 Å². The van der Waals surface area contributed by atoms with E-state index in [-0.39, 0.29) is 6.17 Å². The lowest BCUT2D eigenvalue weighted by Crippen LogP contribution is -2.37. The molecule has 0 aromatic heterocycles. The van der Waals surface area contributed by atoms with E-state index in [1.54, 1.807) is 0 Å². The minimum Gasteiger partial charge on any atom is -0.330 e. The predicted octanol–water partition coefficient (Wildman–Crippen LogP) is -0.127. The number of nitrogens with zero attached hydrogens (tertiary/aromatic N) is 2. The van der Waals surface area contributed by atoms with Crippen LogP contribution in [-0.4, -0.2) is 69.3 Å². The van der Waals surface area contributed by atoms with Crippen LogP contribution >= 0.6 is 0 Å². The van der Waals surface area contributed by atoms with Crippen LogP contribution in [0.25, 0.3) is 0 Å². The smallest absolute Gasteiger partial charge is 0.0517 e. The van der Waals surface area contributed by atoms with Crippen LogP contribution in [0.5, 0.6) is 0 Å². The van der Waals surface area contributed by atoms with Gasteiger partial charge in [0.25, 0.3) is 0 Å². The van der Waals surface area contributed by atoms with Crippen molar-refractivity contribution in [1.29, 1.82) is 0 Å². The van der Waals surface area contributed by atoms with Crippen LogP contribution in [0, 0.1) is 0 Å². The minimum atomic E-state index is 0.0937. The van der Waals surface area contributed by atoms with E-state index in [9.17, 15) is 0 Å². The molecular weight excluding hydrogens is 226 g/mol. The summed E-state index contributed by atoms with van der Waals surface area (Å²) in [6.45, 7) is 8.30. The van der Waals surface area contributed by atoms with Gasteiger partial charge in [-0.15, -0.1) is 0 Å². The van der Waals surface area contributed by atoms with Gasteiger partial charge in [-0.2, -0.15) is 0 Å². The maximum atomic E-state index is 5.66. The van der Waals surface area contributed by atoms with Gasteiger partial charge < -0.3 is 26.6 Å². The van der Waals surface area contributed by atoms with E-state index in [1.807, 2.05) is 6.92 Å². The molecule has 0 rings (SSSR count). The molecule has 5 N–H and O–H groups in total. The molecule has 0 aromatic rings. The van der Waals surface area contributed by atoms with Gasteiger partial charge in [0.1, 0.15) is 0 Å². The normalized spacial score (nSPS) is 13.5. The molecule has 0 aliphatic rings. The lowest BCUT2D eigenvalue weighted by Gasteiger charge is -2.23. The fraction of sp³-hybridized carbons (Fsp3) is 1.00. The molecule has 0 aliphatic carbocycles. The van der Waals surface area contributed by atoms with Gasteiger partial charge in [-0.3, -0.25) is 0 Å². The zero-order valence-electron chi connectivity index (χ0n) is 12.5. The molecule has 18 heavy (non-hydrogen) atoms. The van der Waals surface area contributed by atoms with Crippen LogP contribution in [-0.2, 0) is 0 Å². The Kier molecular flexibility index (Phi) is 11.7. The summed E-state index contributed by atoms with van der Waals surface area (Å²) in [5, 5.41) is 3.25. The number of rotatable bonds is 12. The van der Waals surface area contributed by atoms with Gasteiger partial charge >= 0.3 is 0 Å². The summed E-state index contributed by atoms with van der Waals surface area (Å²) in [4.78, 5) is 4.75. The summed E-state index contributed by atoms with van der Waals surface area (Å²) in [5.41, 5.74) is 11.2. The number of nitrogens with one attached hydrogen (secondary N) is 1. The number of hydrogen-bond donors (Lipinski definition) is 3. The fourth-order valence-corrected chi connectivity index (χ4v) is 1.89. The lowest BCUT2D eigenvalue weighted by molar-refractivity contribution is 0.249. The molecule has 5 nitrogen and oxygen atoms in total. The average molecular weight is 259 g/mol. The van der Waals surface area contributed by atoms with Crippen LogP contribution < -0.4 is 16.8 Å². The molecule has 0 bridgehead atoms. The second-order valence-corrected chi connectivity index (χ2v) is 5.24. The van der Waals surface area contributed by atoms with E-state index in [0.29, 0.717) is 0 Å². The van der Waals surface area contributed by atoms with Gasteiger partial charge in [0, 0.05) is 0 Å². The Morgan fingerprint density at radius 3 is 2.17 bits per heavy atom. The van der Waals surface area contributed by atoms with Crippen molar-refractivity contribution >= 4 is 0 Å². The molecule has 0 saturated carbocycles. The van der Waals surface area contributed by atoms with Crippen LogP contribution in [0.1, 0.15) is 26.2 Å². The Morgan fingerprint density at radius 2 is 1.61 bits per heavy atom. The van der Waals surface area contributed by atoms with E-state index in [1.165, 1.54) is 6.42 Å². The van der Waals surface area contributed by atoms with Crippen LogP contribution in [0.15, 0.2) is 0 Å². The summed E-state index contributed by atoms with van der Waals surface area (Å²) in [7, 11) is 4.24.